The summed E-state index contributed by atoms with van der Waals surface area (Å²) in [6.45, 7) is 2.31. The van der Waals surface area contributed by atoms with Gasteiger partial charge in [0.15, 0.2) is 0 Å². The van der Waals surface area contributed by atoms with E-state index in [9.17, 15) is 23.3 Å². The number of carbonyl (C=O) groups excluding carboxylic acids is 1. The number of aryl methyl sites for hydroxylation is 1. The summed E-state index contributed by atoms with van der Waals surface area (Å²) in [6, 6.07) is 11.1. The Morgan fingerprint density at radius 2 is 1.97 bits per heavy atom. The number of anilines is 2. The molecule has 0 aliphatic carbocycles. The molecule has 1 amide bonds. The number of rotatable bonds is 7. The fourth-order valence-electron chi connectivity index (χ4n) is 3.36. The second-order valence-electron chi connectivity index (χ2n) is 7.01. The first-order valence-electron chi connectivity index (χ1n) is 9.67. The predicted octanol–water partition coefficient (Wildman–Crippen LogP) is 3.74. The van der Waals surface area contributed by atoms with Gasteiger partial charge in [-0.1, -0.05) is 6.92 Å². The number of nitrogens with one attached hydrogen (secondary N) is 1. The average Bonchev–Trinajstić information content (AvgIpc) is 2.72. The number of nitrogens with zero attached hydrogens (tertiary/aromatic N) is 2. The molecule has 0 radical (unpaired) electrons. The van der Waals surface area contributed by atoms with Crippen LogP contribution >= 0.6 is 0 Å². The third kappa shape index (κ3) is 5.04. The number of hydrogen-bond acceptors (Lipinski definition) is 5. The molecular formula is C21H23N3O5S. The molecule has 1 N–H and O–H groups in total. The number of carbonyl (C=O) groups is 1. The zero-order chi connectivity index (χ0) is 21.7. The average molecular weight is 429 g/mol. The molecule has 0 fully saturated rings. The molecule has 0 aromatic heterocycles. The van der Waals surface area contributed by atoms with Crippen molar-refractivity contribution in [2.24, 2.45) is 0 Å². The summed E-state index contributed by atoms with van der Waals surface area (Å²) in [4.78, 5) is 22.4. The molecule has 0 atom stereocenters. The quantitative estimate of drug-likeness (QED) is 0.410. The lowest BCUT2D eigenvalue weighted by molar-refractivity contribution is -0.384. The highest BCUT2D eigenvalue weighted by Crippen LogP contribution is 2.32. The van der Waals surface area contributed by atoms with Crippen molar-refractivity contribution in [1.82, 2.24) is 0 Å². The first-order valence-corrected chi connectivity index (χ1v) is 11.3. The van der Waals surface area contributed by atoms with Gasteiger partial charge in [-0.15, -0.1) is 0 Å². The zero-order valence-electron chi connectivity index (χ0n) is 16.6. The molecule has 1 aliphatic heterocycles. The van der Waals surface area contributed by atoms with Crippen LogP contribution < -0.4 is 9.62 Å². The fraction of sp³-hybridized carbons (Fsp3) is 0.286. The molecule has 30 heavy (non-hydrogen) atoms. The van der Waals surface area contributed by atoms with Crippen molar-refractivity contribution in [3.8, 4) is 0 Å². The van der Waals surface area contributed by atoms with Crippen LogP contribution in [0.1, 0.15) is 30.9 Å². The van der Waals surface area contributed by atoms with Crippen molar-refractivity contribution in [2.45, 2.75) is 26.2 Å². The molecule has 0 saturated heterocycles. The topological polar surface area (TPSA) is 110 Å². The first-order chi connectivity index (χ1) is 14.3. The molecule has 0 spiro atoms. The summed E-state index contributed by atoms with van der Waals surface area (Å²) in [6.07, 6.45) is 4.95. The minimum Gasteiger partial charge on any atom is -0.323 e. The molecule has 0 unspecified atom stereocenters. The Morgan fingerprint density at radius 3 is 2.63 bits per heavy atom. The van der Waals surface area contributed by atoms with Gasteiger partial charge in [0.05, 0.1) is 16.4 Å². The van der Waals surface area contributed by atoms with E-state index in [0.29, 0.717) is 29.9 Å². The van der Waals surface area contributed by atoms with E-state index < -0.39 is 14.9 Å². The van der Waals surface area contributed by atoms with Gasteiger partial charge in [-0.3, -0.25) is 19.2 Å². The molecule has 8 nitrogen and oxygen atoms in total. The summed E-state index contributed by atoms with van der Waals surface area (Å²) in [7, 11) is -3.34. The van der Waals surface area contributed by atoms with E-state index in [2.05, 4.69) is 5.32 Å². The smallest absolute Gasteiger partial charge is 0.269 e. The highest BCUT2D eigenvalue weighted by molar-refractivity contribution is 7.92. The van der Waals surface area contributed by atoms with E-state index in [-0.39, 0.29) is 17.3 Å². The van der Waals surface area contributed by atoms with Gasteiger partial charge in [-0.2, -0.15) is 0 Å². The van der Waals surface area contributed by atoms with Crippen LogP contribution in [-0.2, 0) is 21.2 Å². The SMILES string of the molecule is CCCS(=O)(=O)N1CCCc2cc(NC(=O)/C=C/c3ccc([N+](=O)[O-])cc3)ccc21. The van der Waals surface area contributed by atoms with Gasteiger partial charge in [0.2, 0.25) is 15.9 Å². The third-order valence-electron chi connectivity index (χ3n) is 4.75. The van der Waals surface area contributed by atoms with Crippen LogP contribution in [0.15, 0.2) is 48.5 Å². The second kappa shape index (κ2) is 9.08. The molecule has 0 bridgehead atoms. The molecule has 2 aromatic rings. The van der Waals surface area contributed by atoms with Crippen molar-refractivity contribution in [3.05, 3.63) is 69.8 Å². The monoisotopic (exact) mass is 429 g/mol. The Bertz CT molecular complexity index is 1080. The number of fused-ring (bicyclic) bond motifs is 1. The van der Waals surface area contributed by atoms with Crippen LogP contribution in [0.3, 0.4) is 0 Å². The van der Waals surface area contributed by atoms with Crippen LogP contribution in [0, 0.1) is 10.1 Å². The first kappa shape index (κ1) is 21.5. The van der Waals surface area contributed by atoms with Gasteiger partial charge in [0.1, 0.15) is 0 Å². The maximum atomic E-state index is 12.5. The maximum Gasteiger partial charge on any atom is 0.269 e. The lowest BCUT2D eigenvalue weighted by Gasteiger charge is -2.30. The highest BCUT2D eigenvalue weighted by Gasteiger charge is 2.26. The molecule has 9 heteroatoms. The maximum absolute atomic E-state index is 12.5. The summed E-state index contributed by atoms with van der Waals surface area (Å²) < 4.78 is 26.5. The van der Waals surface area contributed by atoms with Crippen LogP contribution in [0.25, 0.3) is 6.08 Å². The molecule has 0 saturated carbocycles. The lowest BCUT2D eigenvalue weighted by atomic mass is 10.0. The minimum absolute atomic E-state index is 0.0133. The highest BCUT2D eigenvalue weighted by atomic mass is 32.2. The van der Waals surface area contributed by atoms with Gasteiger partial charge >= 0.3 is 0 Å². The standard InChI is InChI=1S/C21H23N3O5S/c1-2-14-30(28,29)23-13-3-4-17-15-18(8-11-20(17)23)22-21(25)12-7-16-5-9-19(10-6-16)24(26)27/h5-12,15H,2-4,13-14H2,1H3,(H,22,25)/b12-7+. The Morgan fingerprint density at radius 1 is 1.23 bits per heavy atom. The van der Waals surface area contributed by atoms with E-state index >= 15 is 0 Å². The molecule has 3 rings (SSSR count). The van der Waals surface area contributed by atoms with Gasteiger partial charge in [0, 0.05) is 30.4 Å². The molecular weight excluding hydrogens is 406 g/mol. The van der Waals surface area contributed by atoms with Gasteiger partial charge in [-0.05, 0) is 66.8 Å². The largest absolute Gasteiger partial charge is 0.323 e. The Kier molecular flexibility index (Phi) is 6.51. The summed E-state index contributed by atoms with van der Waals surface area (Å²) in [5.41, 5.74) is 2.80. The van der Waals surface area contributed by atoms with E-state index in [1.807, 2.05) is 6.92 Å². The van der Waals surface area contributed by atoms with E-state index in [1.165, 1.54) is 22.5 Å². The van der Waals surface area contributed by atoms with Gasteiger partial charge in [-0.25, -0.2) is 8.42 Å². The Labute approximate surface area is 175 Å². The van der Waals surface area contributed by atoms with Crippen LogP contribution in [0.4, 0.5) is 17.1 Å². The number of nitro groups is 1. The Hall–Kier alpha value is -3.20. The number of benzene rings is 2. The van der Waals surface area contributed by atoms with Crippen molar-refractivity contribution in [2.75, 3.05) is 21.9 Å². The summed E-state index contributed by atoms with van der Waals surface area (Å²) in [5.74, 6) is -0.238. The zero-order valence-corrected chi connectivity index (χ0v) is 17.4. The summed E-state index contributed by atoms with van der Waals surface area (Å²) in [5, 5.41) is 13.4. The third-order valence-corrected chi connectivity index (χ3v) is 6.73. The number of non-ortho nitro benzene ring substituents is 1. The molecule has 1 aliphatic rings. The number of nitro benzene ring substituents is 1. The van der Waals surface area contributed by atoms with Gasteiger partial charge in [0.25, 0.3) is 5.69 Å². The van der Waals surface area contributed by atoms with Crippen molar-refractivity contribution < 1.29 is 18.1 Å². The van der Waals surface area contributed by atoms with Gasteiger partial charge < -0.3 is 5.32 Å². The number of amides is 1. The predicted molar refractivity (Wildman–Crippen MR) is 117 cm³/mol. The summed E-state index contributed by atoms with van der Waals surface area (Å²) >= 11 is 0. The van der Waals surface area contributed by atoms with E-state index in [1.54, 1.807) is 36.4 Å². The fourth-order valence-corrected chi connectivity index (χ4v) is 4.98. The molecule has 1 heterocycles. The number of hydrogen-bond donors (Lipinski definition) is 1. The van der Waals surface area contributed by atoms with Crippen molar-refractivity contribution in [3.63, 3.8) is 0 Å². The van der Waals surface area contributed by atoms with Crippen molar-refractivity contribution >= 4 is 39.1 Å². The lowest BCUT2D eigenvalue weighted by Crippen LogP contribution is -2.37. The van der Waals surface area contributed by atoms with Crippen molar-refractivity contribution in [1.29, 1.82) is 0 Å². The van der Waals surface area contributed by atoms with E-state index in [0.717, 1.165) is 18.4 Å². The molecule has 158 valence electrons. The van der Waals surface area contributed by atoms with E-state index in [4.69, 9.17) is 0 Å². The van der Waals surface area contributed by atoms with Crippen LogP contribution in [0.2, 0.25) is 0 Å². The minimum atomic E-state index is -3.34. The van der Waals surface area contributed by atoms with Crippen LogP contribution in [-0.4, -0.2) is 31.5 Å². The number of sulfonamides is 1. The second-order valence-corrected chi connectivity index (χ2v) is 9.02. The van der Waals surface area contributed by atoms with Crippen LogP contribution in [0.5, 0.6) is 0 Å². The molecule has 2 aromatic carbocycles. The normalized spacial score (nSPS) is 13.8. The Balaban J connectivity index is 1.70.